The fourth-order valence-corrected chi connectivity index (χ4v) is 3.21. The molecule has 0 radical (unpaired) electrons. The molecule has 4 rings (SSSR count). The summed E-state index contributed by atoms with van der Waals surface area (Å²) in [6.07, 6.45) is 8.62. The van der Waals surface area contributed by atoms with Crippen LogP contribution in [0.3, 0.4) is 0 Å². The van der Waals surface area contributed by atoms with E-state index >= 15 is 0 Å². The lowest BCUT2D eigenvalue weighted by Gasteiger charge is -2.09. The largest absolute Gasteiger partial charge is 0.495 e. The van der Waals surface area contributed by atoms with Gasteiger partial charge in [0.1, 0.15) is 11.4 Å². The van der Waals surface area contributed by atoms with Gasteiger partial charge >= 0.3 is 0 Å². The number of para-hydroxylation sites is 1. The Bertz CT molecular complexity index is 1220. The highest BCUT2D eigenvalue weighted by Gasteiger charge is 2.11. The summed E-state index contributed by atoms with van der Waals surface area (Å²) in [5, 5.41) is 7.61. The summed E-state index contributed by atoms with van der Waals surface area (Å²) in [6, 6.07) is 19.3. The number of ether oxygens (including phenoxy) is 1. The van der Waals surface area contributed by atoms with Gasteiger partial charge in [-0.1, -0.05) is 24.3 Å². The molecule has 0 spiro atoms. The van der Waals surface area contributed by atoms with Crippen LogP contribution in [0, 0.1) is 6.92 Å². The Labute approximate surface area is 180 Å². The number of anilines is 1. The Morgan fingerprint density at radius 2 is 1.94 bits per heavy atom. The van der Waals surface area contributed by atoms with E-state index in [2.05, 4.69) is 10.3 Å². The first-order valence-corrected chi connectivity index (χ1v) is 9.83. The van der Waals surface area contributed by atoms with Crippen LogP contribution in [0.2, 0.25) is 0 Å². The fraction of sp³-hybridized carbons (Fsp3) is 0.0800. The van der Waals surface area contributed by atoms with E-state index in [-0.39, 0.29) is 5.91 Å². The number of carbonyl (C=O) groups is 1. The van der Waals surface area contributed by atoms with Gasteiger partial charge in [0.2, 0.25) is 5.91 Å². The molecule has 6 heteroatoms. The summed E-state index contributed by atoms with van der Waals surface area (Å²) in [4.78, 5) is 16.8. The first kappa shape index (κ1) is 20.1. The fourth-order valence-electron chi connectivity index (χ4n) is 3.21. The van der Waals surface area contributed by atoms with E-state index in [9.17, 15) is 4.79 Å². The SMILES string of the molecule is COc1ccc(C)cc1NC(=O)/C=C/c1cn(-c2ccccc2)nc1-c1cccnc1. The first-order chi connectivity index (χ1) is 15.1. The molecule has 0 saturated heterocycles. The summed E-state index contributed by atoms with van der Waals surface area (Å²) >= 11 is 0. The van der Waals surface area contributed by atoms with Crippen molar-refractivity contribution in [2.24, 2.45) is 0 Å². The molecule has 0 bridgehead atoms. The molecule has 0 aliphatic carbocycles. The van der Waals surface area contributed by atoms with Crippen molar-refractivity contribution in [3.8, 4) is 22.7 Å². The molecule has 0 saturated carbocycles. The van der Waals surface area contributed by atoms with Gasteiger partial charge in [0.25, 0.3) is 0 Å². The number of aryl methyl sites for hydroxylation is 1. The third-order valence-electron chi connectivity index (χ3n) is 4.73. The Morgan fingerprint density at radius 3 is 2.68 bits per heavy atom. The smallest absolute Gasteiger partial charge is 0.248 e. The number of benzene rings is 2. The van der Waals surface area contributed by atoms with Crippen molar-refractivity contribution in [2.75, 3.05) is 12.4 Å². The maximum absolute atomic E-state index is 12.6. The normalized spacial score (nSPS) is 10.9. The van der Waals surface area contributed by atoms with Crippen molar-refractivity contribution in [1.29, 1.82) is 0 Å². The zero-order valence-corrected chi connectivity index (χ0v) is 17.3. The van der Waals surface area contributed by atoms with Crippen molar-refractivity contribution in [1.82, 2.24) is 14.8 Å². The number of pyridine rings is 1. The van der Waals surface area contributed by atoms with E-state index < -0.39 is 0 Å². The molecule has 6 nitrogen and oxygen atoms in total. The molecule has 31 heavy (non-hydrogen) atoms. The third-order valence-corrected chi connectivity index (χ3v) is 4.73. The molecular formula is C25H22N4O2. The number of aromatic nitrogens is 3. The van der Waals surface area contributed by atoms with Crippen LogP contribution in [0.4, 0.5) is 5.69 Å². The van der Waals surface area contributed by atoms with Crippen molar-refractivity contribution in [2.45, 2.75) is 6.92 Å². The van der Waals surface area contributed by atoms with E-state index in [0.29, 0.717) is 11.4 Å². The number of hydrogen-bond donors (Lipinski definition) is 1. The van der Waals surface area contributed by atoms with E-state index in [0.717, 1.165) is 28.1 Å². The summed E-state index contributed by atoms with van der Waals surface area (Å²) in [5.74, 6) is 0.355. The molecule has 1 N–H and O–H groups in total. The predicted octanol–water partition coefficient (Wildman–Crippen LogP) is 4.90. The number of hydrogen-bond acceptors (Lipinski definition) is 4. The summed E-state index contributed by atoms with van der Waals surface area (Å²) in [7, 11) is 1.58. The van der Waals surface area contributed by atoms with Gasteiger partial charge in [0.15, 0.2) is 0 Å². The van der Waals surface area contributed by atoms with Gasteiger partial charge in [-0.2, -0.15) is 5.10 Å². The minimum absolute atomic E-state index is 0.256. The standard InChI is InChI=1S/C25H22N4O2/c1-18-10-12-23(31-2)22(15-18)27-24(30)13-11-20-17-29(21-8-4-3-5-9-21)28-25(20)19-7-6-14-26-16-19/h3-17H,1-2H3,(H,27,30)/b13-11+. The lowest BCUT2D eigenvalue weighted by molar-refractivity contribution is -0.111. The predicted molar refractivity (Wildman–Crippen MR) is 122 cm³/mol. The second-order valence-electron chi connectivity index (χ2n) is 6.98. The second-order valence-corrected chi connectivity index (χ2v) is 6.98. The zero-order valence-electron chi connectivity index (χ0n) is 17.3. The number of methoxy groups -OCH3 is 1. The van der Waals surface area contributed by atoms with Crippen LogP contribution < -0.4 is 10.1 Å². The number of carbonyl (C=O) groups excluding carboxylic acids is 1. The highest BCUT2D eigenvalue weighted by atomic mass is 16.5. The van der Waals surface area contributed by atoms with Gasteiger partial charge in [-0.15, -0.1) is 0 Å². The molecule has 4 aromatic rings. The van der Waals surface area contributed by atoms with Crippen LogP contribution in [0.25, 0.3) is 23.0 Å². The van der Waals surface area contributed by atoms with Crippen LogP contribution in [-0.4, -0.2) is 27.8 Å². The van der Waals surface area contributed by atoms with Crippen LogP contribution in [0.15, 0.2) is 85.3 Å². The van der Waals surface area contributed by atoms with Gasteiger partial charge in [-0.3, -0.25) is 9.78 Å². The Morgan fingerprint density at radius 1 is 1.10 bits per heavy atom. The van der Waals surface area contributed by atoms with Crippen molar-refractivity contribution >= 4 is 17.7 Å². The topological polar surface area (TPSA) is 69.0 Å². The summed E-state index contributed by atoms with van der Waals surface area (Å²) < 4.78 is 7.13. The number of nitrogens with zero attached hydrogens (tertiary/aromatic N) is 3. The van der Waals surface area contributed by atoms with Gasteiger partial charge in [-0.05, 0) is 55.0 Å². The summed E-state index contributed by atoms with van der Waals surface area (Å²) in [6.45, 7) is 1.96. The Balaban J connectivity index is 1.64. The zero-order chi connectivity index (χ0) is 21.6. The molecule has 0 aliphatic heterocycles. The van der Waals surface area contributed by atoms with Gasteiger partial charge in [0, 0.05) is 35.8 Å². The maximum atomic E-state index is 12.6. The third kappa shape index (κ3) is 4.70. The van der Waals surface area contributed by atoms with Crippen molar-refractivity contribution in [3.05, 3.63) is 96.5 Å². The average Bonchev–Trinajstić information content (AvgIpc) is 3.23. The first-order valence-electron chi connectivity index (χ1n) is 9.83. The van der Waals surface area contributed by atoms with Crippen molar-refractivity contribution < 1.29 is 9.53 Å². The molecule has 2 aromatic carbocycles. The molecular weight excluding hydrogens is 388 g/mol. The molecule has 2 aromatic heterocycles. The van der Waals surface area contributed by atoms with Crippen LogP contribution in [0.5, 0.6) is 5.75 Å². The molecule has 0 unspecified atom stereocenters. The molecule has 0 fully saturated rings. The maximum Gasteiger partial charge on any atom is 0.248 e. The van der Waals surface area contributed by atoms with Gasteiger partial charge in [0.05, 0.1) is 18.5 Å². The Hall–Kier alpha value is -4.19. The van der Waals surface area contributed by atoms with E-state index in [4.69, 9.17) is 9.84 Å². The monoisotopic (exact) mass is 410 g/mol. The highest BCUT2D eigenvalue weighted by molar-refractivity contribution is 6.03. The van der Waals surface area contributed by atoms with E-state index in [1.165, 1.54) is 6.08 Å². The number of nitrogens with one attached hydrogen (secondary N) is 1. The van der Waals surface area contributed by atoms with Gasteiger partial charge < -0.3 is 10.1 Å². The van der Waals surface area contributed by atoms with E-state index in [1.54, 1.807) is 30.3 Å². The van der Waals surface area contributed by atoms with Gasteiger partial charge in [-0.25, -0.2) is 4.68 Å². The van der Waals surface area contributed by atoms with Crippen LogP contribution in [0.1, 0.15) is 11.1 Å². The lowest BCUT2D eigenvalue weighted by atomic mass is 10.1. The molecule has 2 heterocycles. The summed E-state index contributed by atoms with van der Waals surface area (Å²) in [5.41, 5.74) is 5.02. The minimum atomic E-state index is -0.256. The number of rotatable bonds is 6. The second kappa shape index (κ2) is 9.09. The molecule has 1 amide bonds. The quantitative estimate of drug-likeness (QED) is 0.459. The average molecular weight is 410 g/mol. The molecule has 0 atom stereocenters. The van der Waals surface area contributed by atoms with Crippen LogP contribution >= 0.6 is 0 Å². The Kier molecular flexibility index (Phi) is 5.89. The molecule has 154 valence electrons. The minimum Gasteiger partial charge on any atom is -0.495 e. The lowest BCUT2D eigenvalue weighted by Crippen LogP contribution is -2.09. The van der Waals surface area contributed by atoms with Crippen molar-refractivity contribution in [3.63, 3.8) is 0 Å². The molecule has 0 aliphatic rings. The van der Waals surface area contributed by atoms with Crippen LogP contribution in [-0.2, 0) is 4.79 Å². The number of amides is 1. The highest BCUT2D eigenvalue weighted by Crippen LogP contribution is 2.26. The van der Waals surface area contributed by atoms with E-state index in [1.807, 2.05) is 73.8 Å².